The van der Waals surface area contributed by atoms with E-state index >= 15 is 0 Å². The Morgan fingerprint density at radius 1 is 0.970 bits per heavy atom. The second-order valence-corrected chi connectivity index (χ2v) is 9.44. The van der Waals surface area contributed by atoms with Crippen molar-refractivity contribution in [2.24, 2.45) is 0 Å². The molecule has 33 heavy (non-hydrogen) atoms. The van der Waals surface area contributed by atoms with E-state index in [0.29, 0.717) is 31.0 Å². The van der Waals surface area contributed by atoms with Crippen molar-refractivity contribution in [1.82, 2.24) is 5.32 Å². The van der Waals surface area contributed by atoms with E-state index in [1.807, 2.05) is 31.2 Å². The molecular weight excluding hydrogens is 440 g/mol. The topological polar surface area (TPSA) is 84.9 Å². The van der Waals surface area contributed by atoms with Gasteiger partial charge in [-0.2, -0.15) is 0 Å². The summed E-state index contributed by atoms with van der Waals surface area (Å²) in [6, 6.07) is 20.5. The van der Waals surface area contributed by atoms with Gasteiger partial charge in [-0.1, -0.05) is 18.2 Å². The van der Waals surface area contributed by atoms with E-state index < -0.39 is 10.0 Å². The van der Waals surface area contributed by atoms with Gasteiger partial charge in [0.2, 0.25) is 0 Å². The van der Waals surface area contributed by atoms with Crippen LogP contribution in [0.2, 0.25) is 0 Å². The van der Waals surface area contributed by atoms with Crippen LogP contribution in [0.5, 0.6) is 11.5 Å². The molecule has 0 atom stereocenters. The van der Waals surface area contributed by atoms with Gasteiger partial charge in [0.25, 0.3) is 15.9 Å². The van der Waals surface area contributed by atoms with Crippen LogP contribution in [0.15, 0.2) is 77.7 Å². The number of carbonyl (C=O) groups excluding carboxylic acids is 1. The average molecular weight is 469 g/mol. The van der Waals surface area contributed by atoms with Crippen molar-refractivity contribution in [2.75, 3.05) is 31.6 Å². The summed E-state index contributed by atoms with van der Waals surface area (Å²) in [4.78, 5) is 12.6. The van der Waals surface area contributed by atoms with E-state index in [2.05, 4.69) is 5.32 Å². The third-order valence-electron chi connectivity index (χ3n) is 5.06. The minimum absolute atomic E-state index is 0.0382. The number of nitrogens with zero attached hydrogens (tertiary/aromatic N) is 1. The molecule has 0 aromatic heterocycles. The third kappa shape index (κ3) is 6.26. The lowest BCUT2D eigenvalue weighted by molar-refractivity contribution is 0.0951. The number of carbonyl (C=O) groups is 1. The summed E-state index contributed by atoms with van der Waals surface area (Å²) in [6.07, 6.45) is 0.623. The number of methoxy groups -OCH3 is 1. The van der Waals surface area contributed by atoms with Crippen LogP contribution < -0.4 is 19.1 Å². The predicted octanol–water partition coefficient (Wildman–Crippen LogP) is 4.03. The van der Waals surface area contributed by atoms with E-state index in [1.54, 1.807) is 43.5 Å². The highest BCUT2D eigenvalue weighted by atomic mass is 32.2. The molecule has 0 aliphatic heterocycles. The zero-order valence-electron chi connectivity index (χ0n) is 18.9. The third-order valence-corrected chi connectivity index (χ3v) is 6.84. The highest BCUT2D eigenvalue weighted by Gasteiger charge is 2.22. The molecule has 0 radical (unpaired) electrons. The Kier molecular flexibility index (Phi) is 7.95. The minimum Gasteiger partial charge on any atom is -0.497 e. The summed E-state index contributed by atoms with van der Waals surface area (Å²) in [7, 11) is -0.823. The monoisotopic (exact) mass is 468 g/mol. The first-order chi connectivity index (χ1) is 15.8. The smallest absolute Gasteiger partial charge is 0.264 e. The normalized spacial score (nSPS) is 11.0. The van der Waals surface area contributed by atoms with Crippen molar-refractivity contribution in [3.8, 4) is 11.5 Å². The number of ether oxygens (including phenoxy) is 2. The lowest BCUT2D eigenvalue weighted by atomic mass is 10.2. The largest absolute Gasteiger partial charge is 0.497 e. The Hall–Kier alpha value is -3.52. The van der Waals surface area contributed by atoms with Crippen molar-refractivity contribution < 1.29 is 22.7 Å². The van der Waals surface area contributed by atoms with E-state index in [0.717, 1.165) is 11.3 Å². The number of aryl methyl sites for hydroxylation is 1. The maximum Gasteiger partial charge on any atom is 0.264 e. The molecule has 7 nitrogen and oxygen atoms in total. The lowest BCUT2D eigenvalue weighted by Crippen LogP contribution is -2.28. The lowest BCUT2D eigenvalue weighted by Gasteiger charge is -2.20. The van der Waals surface area contributed by atoms with Gasteiger partial charge in [0.1, 0.15) is 11.5 Å². The highest BCUT2D eigenvalue weighted by Crippen LogP contribution is 2.24. The van der Waals surface area contributed by atoms with Crippen LogP contribution in [0, 0.1) is 6.92 Å². The maximum absolute atomic E-state index is 13.1. The van der Waals surface area contributed by atoms with E-state index in [4.69, 9.17) is 9.47 Å². The zero-order chi connectivity index (χ0) is 23.8. The standard InChI is InChI=1S/C25H28N2O5S/c1-19-7-4-9-23(17-19)32-16-6-15-26-25(28)20-8-5-10-24(18-20)33(29,30)27(2)21-11-13-22(31-3)14-12-21/h4-5,7-14,17-18H,6,15-16H2,1-3H3,(H,26,28). The number of hydrogen-bond donors (Lipinski definition) is 1. The molecule has 3 aromatic carbocycles. The summed E-state index contributed by atoms with van der Waals surface area (Å²) in [5.74, 6) is 1.09. The molecule has 0 heterocycles. The number of benzene rings is 3. The molecule has 3 rings (SSSR count). The van der Waals surface area contributed by atoms with Gasteiger partial charge in [-0.3, -0.25) is 9.10 Å². The van der Waals surface area contributed by atoms with Crippen LogP contribution in [0.4, 0.5) is 5.69 Å². The first-order valence-electron chi connectivity index (χ1n) is 10.5. The van der Waals surface area contributed by atoms with Crippen molar-refractivity contribution >= 4 is 21.6 Å². The Bertz CT molecular complexity index is 1190. The van der Waals surface area contributed by atoms with Crippen LogP contribution in [0.1, 0.15) is 22.3 Å². The van der Waals surface area contributed by atoms with Crippen molar-refractivity contribution in [3.63, 3.8) is 0 Å². The van der Waals surface area contributed by atoms with Gasteiger partial charge >= 0.3 is 0 Å². The quantitative estimate of drug-likeness (QED) is 0.454. The van der Waals surface area contributed by atoms with Crippen molar-refractivity contribution in [2.45, 2.75) is 18.2 Å². The van der Waals surface area contributed by atoms with Gasteiger partial charge in [-0.15, -0.1) is 0 Å². The van der Waals surface area contributed by atoms with Crippen molar-refractivity contribution in [3.05, 3.63) is 83.9 Å². The summed E-state index contributed by atoms with van der Waals surface area (Å²) in [6.45, 7) is 2.87. The second kappa shape index (κ2) is 10.9. The molecule has 174 valence electrons. The van der Waals surface area contributed by atoms with E-state index in [-0.39, 0.29) is 16.4 Å². The number of sulfonamides is 1. The molecule has 0 bridgehead atoms. The molecule has 1 amide bonds. The van der Waals surface area contributed by atoms with Gasteiger partial charge in [0.15, 0.2) is 0 Å². The van der Waals surface area contributed by atoms with Crippen LogP contribution >= 0.6 is 0 Å². The molecular formula is C25H28N2O5S. The van der Waals surface area contributed by atoms with E-state index in [9.17, 15) is 13.2 Å². The number of hydrogen-bond acceptors (Lipinski definition) is 5. The molecule has 0 aliphatic carbocycles. The second-order valence-electron chi connectivity index (χ2n) is 7.47. The first-order valence-corrected chi connectivity index (χ1v) is 12.0. The van der Waals surface area contributed by atoms with Crippen LogP contribution in [0.25, 0.3) is 0 Å². The summed E-state index contributed by atoms with van der Waals surface area (Å²) >= 11 is 0. The SMILES string of the molecule is COc1ccc(N(C)S(=O)(=O)c2cccc(C(=O)NCCCOc3cccc(C)c3)c2)cc1. The van der Waals surface area contributed by atoms with Crippen LogP contribution in [0.3, 0.4) is 0 Å². The number of anilines is 1. The van der Waals surface area contributed by atoms with Gasteiger partial charge in [0, 0.05) is 19.2 Å². The van der Waals surface area contributed by atoms with E-state index in [1.165, 1.54) is 23.5 Å². The summed E-state index contributed by atoms with van der Waals surface area (Å²) in [5.41, 5.74) is 1.88. The highest BCUT2D eigenvalue weighted by molar-refractivity contribution is 7.92. The van der Waals surface area contributed by atoms with Crippen LogP contribution in [-0.4, -0.2) is 41.6 Å². The molecule has 1 N–H and O–H groups in total. The minimum atomic E-state index is -3.84. The molecule has 0 saturated heterocycles. The van der Waals surface area contributed by atoms with Crippen LogP contribution in [-0.2, 0) is 10.0 Å². The Morgan fingerprint density at radius 2 is 1.70 bits per heavy atom. The Labute approximate surface area is 195 Å². The number of nitrogens with one attached hydrogen (secondary N) is 1. The Morgan fingerprint density at radius 3 is 2.39 bits per heavy atom. The molecule has 0 saturated carbocycles. The fraction of sp³-hybridized carbons (Fsp3) is 0.240. The fourth-order valence-corrected chi connectivity index (χ4v) is 4.40. The number of rotatable bonds is 10. The molecule has 3 aromatic rings. The molecule has 0 fully saturated rings. The van der Waals surface area contributed by atoms with Gasteiger partial charge in [0.05, 0.1) is 24.3 Å². The van der Waals surface area contributed by atoms with Gasteiger partial charge in [-0.25, -0.2) is 8.42 Å². The zero-order valence-corrected chi connectivity index (χ0v) is 19.8. The van der Waals surface area contributed by atoms with Crippen molar-refractivity contribution in [1.29, 1.82) is 0 Å². The average Bonchev–Trinajstić information content (AvgIpc) is 2.83. The van der Waals surface area contributed by atoms with Gasteiger partial charge in [-0.05, 0) is 73.5 Å². The fourth-order valence-electron chi connectivity index (χ4n) is 3.16. The number of amides is 1. The molecule has 0 unspecified atom stereocenters. The van der Waals surface area contributed by atoms with Gasteiger partial charge < -0.3 is 14.8 Å². The predicted molar refractivity (Wildman–Crippen MR) is 129 cm³/mol. The molecule has 0 spiro atoms. The Balaban J connectivity index is 1.58. The molecule has 8 heteroatoms. The summed E-state index contributed by atoms with van der Waals surface area (Å²) < 4.78 is 38.1. The first kappa shape index (κ1) is 24.1. The maximum atomic E-state index is 13.1. The summed E-state index contributed by atoms with van der Waals surface area (Å²) in [5, 5.41) is 2.81. The molecule has 0 aliphatic rings.